The average Bonchev–Trinajstić information content (AvgIpc) is 2.60. The van der Waals surface area contributed by atoms with E-state index in [1.165, 1.54) is 12.1 Å². The van der Waals surface area contributed by atoms with Crippen LogP contribution in [0.2, 0.25) is 0 Å². The summed E-state index contributed by atoms with van der Waals surface area (Å²) in [5.74, 6) is -0.709. The van der Waals surface area contributed by atoms with Crippen LogP contribution in [0.25, 0.3) is 0 Å². The van der Waals surface area contributed by atoms with Crippen molar-refractivity contribution in [2.75, 3.05) is 4.72 Å². The second-order valence-electron chi connectivity index (χ2n) is 6.43. The fourth-order valence-corrected chi connectivity index (χ4v) is 4.01. The van der Waals surface area contributed by atoms with Gasteiger partial charge in [-0.1, -0.05) is 42.0 Å². The Bertz CT molecular complexity index is 1090. The zero-order valence-corrected chi connectivity index (χ0v) is 16.5. The minimum absolute atomic E-state index is 0.00548. The molecule has 0 spiro atoms. The van der Waals surface area contributed by atoms with Crippen LogP contribution in [0.5, 0.6) is 11.8 Å². The molecule has 0 amide bonds. The Morgan fingerprint density at radius 2 is 1.68 bits per heavy atom. The number of anilines is 1. The third-order valence-electron chi connectivity index (χ3n) is 3.98. The molecule has 0 unspecified atom stereocenters. The Kier molecular flexibility index (Phi) is 5.60. The van der Waals surface area contributed by atoms with Gasteiger partial charge in [0.15, 0.2) is 11.6 Å². The Labute approximate surface area is 163 Å². The number of nitrogens with zero attached hydrogens (tertiary/aromatic N) is 2. The van der Waals surface area contributed by atoms with Crippen LogP contribution in [0, 0.1) is 26.6 Å². The van der Waals surface area contributed by atoms with Crippen molar-refractivity contribution >= 4 is 15.7 Å². The summed E-state index contributed by atoms with van der Waals surface area (Å²) in [6.45, 7) is 5.17. The van der Waals surface area contributed by atoms with E-state index in [0.29, 0.717) is 17.0 Å². The van der Waals surface area contributed by atoms with Gasteiger partial charge in [-0.15, -0.1) is 0 Å². The second kappa shape index (κ2) is 7.93. The number of ether oxygens (including phenoxy) is 1. The lowest BCUT2D eigenvalue weighted by atomic mass is 10.2. The van der Waals surface area contributed by atoms with Gasteiger partial charge in [-0.25, -0.2) is 12.8 Å². The van der Waals surface area contributed by atoms with E-state index in [2.05, 4.69) is 14.7 Å². The minimum atomic E-state index is -3.66. The number of para-hydroxylation sites is 1. The zero-order valence-electron chi connectivity index (χ0n) is 15.7. The summed E-state index contributed by atoms with van der Waals surface area (Å²) >= 11 is 0. The van der Waals surface area contributed by atoms with Crippen LogP contribution in [0.1, 0.15) is 22.5 Å². The van der Waals surface area contributed by atoms with Crippen molar-refractivity contribution in [2.45, 2.75) is 26.5 Å². The summed E-state index contributed by atoms with van der Waals surface area (Å²) in [6.07, 6.45) is 0. The van der Waals surface area contributed by atoms with Gasteiger partial charge in [0, 0.05) is 0 Å². The summed E-state index contributed by atoms with van der Waals surface area (Å²) in [7, 11) is -3.66. The number of halogens is 1. The van der Waals surface area contributed by atoms with Crippen molar-refractivity contribution < 1.29 is 17.5 Å². The van der Waals surface area contributed by atoms with Crippen molar-refractivity contribution in [1.82, 2.24) is 9.97 Å². The van der Waals surface area contributed by atoms with Gasteiger partial charge in [-0.3, -0.25) is 4.72 Å². The van der Waals surface area contributed by atoms with E-state index in [0.717, 1.165) is 5.56 Å². The van der Waals surface area contributed by atoms with Gasteiger partial charge >= 0.3 is 6.01 Å². The van der Waals surface area contributed by atoms with Crippen molar-refractivity contribution in [3.8, 4) is 11.8 Å². The first-order valence-corrected chi connectivity index (χ1v) is 10.2. The van der Waals surface area contributed by atoms with E-state index in [4.69, 9.17) is 4.74 Å². The molecule has 0 bridgehead atoms. The predicted molar refractivity (Wildman–Crippen MR) is 105 cm³/mol. The van der Waals surface area contributed by atoms with E-state index < -0.39 is 15.8 Å². The maximum Gasteiger partial charge on any atom is 0.322 e. The molecule has 1 aromatic heterocycles. The molecule has 0 fully saturated rings. The van der Waals surface area contributed by atoms with Gasteiger partial charge in [0.2, 0.25) is 10.0 Å². The smallest absolute Gasteiger partial charge is 0.322 e. The van der Waals surface area contributed by atoms with Crippen LogP contribution in [0.4, 0.5) is 10.1 Å². The second-order valence-corrected chi connectivity index (χ2v) is 8.16. The van der Waals surface area contributed by atoms with Crippen molar-refractivity contribution in [3.05, 3.63) is 76.9 Å². The van der Waals surface area contributed by atoms with E-state index in [-0.39, 0.29) is 23.2 Å². The van der Waals surface area contributed by atoms with E-state index in [9.17, 15) is 12.8 Å². The number of aryl methyl sites for hydroxylation is 3. The number of hydrogen-bond donors (Lipinski definition) is 1. The highest BCUT2D eigenvalue weighted by atomic mass is 32.2. The first kappa shape index (κ1) is 19.8. The van der Waals surface area contributed by atoms with Crippen LogP contribution < -0.4 is 9.46 Å². The monoisotopic (exact) mass is 401 g/mol. The molecule has 8 heteroatoms. The molecule has 0 atom stereocenters. The number of benzene rings is 2. The molecule has 146 valence electrons. The maximum absolute atomic E-state index is 13.7. The fourth-order valence-electron chi connectivity index (χ4n) is 2.72. The van der Waals surface area contributed by atoms with Crippen LogP contribution in [-0.4, -0.2) is 18.4 Å². The minimum Gasteiger partial charge on any atom is -0.421 e. The molecular weight excluding hydrogens is 381 g/mol. The summed E-state index contributed by atoms with van der Waals surface area (Å²) in [4.78, 5) is 8.30. The van der Waals surface area contributed by atoms with Gasteiger partial charge in [0.05, 0.1) is 22.8 Å². The molecule has 1 heterocycles. The lowest BCUT2D eigenvalue weighted by Gasteiger charge is -2.14. The fraction of sp³-hybridized carbons (Fsp3) is 0.200. The molecule has 0 radical (unpaired) electrons. The van der Waals surface area contributed by atoms with Crippen molar-refractivity contribution in [2.24, 2.45) is 0 Å². The lowest BCUT2D eigenvalue weighted by Crippen LogP contribution is -2.18. The van der Waals surface area contributed by atoms with Crippen molar-refractivity contribution in [3.63, 3.8) is 0 Å². The number of sulfonamides is 1. The molecular formula is C20H20FN3O3S. The van der Waals surface area contributed by atoms with E-state index in [1.807, 2.05) is 25.1 Å². The number of hydrogen-bond acceptors (Lipinski definition) is 5. The molecule has 0 saturated heterocycles. The van der Waals surface area contributed by atoms with Crippen LogP contribution in [0.15, 0.2) is 48.5 Å². The number of rotatable bonds is 6. The largest absolute Gasteiger partial charge is 0.421 e. The average molecular weight is 401 g/mol. The number of aromatic nitrogens is 2. The SMILES string of the molecule is Cc1cccc(CS(=O)(=O)Nc2c(C)nc(Oc3ccccc3F)nc2C)c1. The Hall–Kier alpha value is -3.00. The lowest BCUT2D eigenvalue weighted by molar-refractivity contribution is 0.409. The van der Waals surface area contributed by atoms with E-state index in [1.54, 1.807) is 32.0 Å². The molecule has 0 aliphatic heterocycles. The zero-order chi connectivity index (χ0) is 20.3. The topological polar surface area (TPSA) is 81.2 Å². The third-order valence-corrected chi connectivity index (χ3v) is 5.21. The molecule has 1 N–H and O–H groups in total. The summed E-state index contributed by atoms with van der Waals surface area (Å²) in [6, 6.07) is 13.1. The highest BCUT2D eigenvalue weighted by Crippen LogP contribution is 2.26. The standard InChI is InChI=1S/C20H20FN3O3S/c1-13-7-6-8-16(11-13)12-28(25,26)24-19-14(2)22-20(23-15(19)3)27-18-10-5-4-9-17(18)21/h4-11,24H,12H2,1-3H3. The number of nitrogens with one attached hydrogen (secondary N) is 1. The molecule has 6 nitrogen and oxygen atoms in total. The summed E-state index contributed by atoms with van der Waals surface area (Å²) in [5, 5.41) is 0. The normalized spacial score (nSPS) is 11.3. The van der Waals surface area contributed by atoms with Gasteiger partial charge in [0.1, 0.15) is 0 Å². The van der Waals surface area contributed by atoms with Gasteiger partial charge in [-0.2, -0.15) is 9.97 Å². The first-order valence-electron chi connectivity index (χ1n) is 8.57. The van der Waals surface area contributed by atoms with E-state index >= 15 is 0 Å². The van der Waals surface area contributed by atoms with Gasteiger partial charge in [-0.05, 0) is 38.5 Å². The molecule has 3 aromatic rings. The summed E-state index contributed by atoms with van der Waals surface area (Å²) in [5.41, 5.74) is 2.72. The van der Waals surface area contributed by atoms with Crippen LogP contribution >= 0.6 is 0 Å². The highest BCUT2D eigenvalue weighted by Gasteiger charge is 2.18. The highest BCUT2D eigenvalue weighted by molar-refractivity contribution is 7.91. The maximum atomic E-state index is 13.7. The Morgan fingerprint density at radius 1 is 1.00 bits per heavy atom. The van der Waals surface area contributed by atoms with Crippen molar-refractivity contribution in [1.29, 1.82) is 0 Å². The van der Waals surface area contributed by atoms with Gasteiger partial charge in [0.25, 0.3) is 0 Å². The Morgan fingerprint density at radius 3 is 2.32 bits per heavy atom. The summed E-state index contributed by atoms with van der Waals surface area (Å²) < 4.78 is 46.8. The molecule has 28 heavy (non-hydrogen) atoms. The first-order chi connectivity index (χ1) is 13.2. The predicted octanol–water partition coefficient (Wildman–Crippen LogP) is 4.28. The molecule has 0 aliphatic carbocycles. The third kappa shape index (κ3) is 4.83. The Balaban J connectivity index is 1.82. The van der Waals surface area contributed by atoms with Crippen LogP contribution in [0.3, 0.4) is 0 Å². The molecule has 0 aliphatic rings. The quantitative estimate of drug-likeness (QED) is 0.667. The molecule has 0 saturated carbocycles. The molecule has 3 rings (SSSR count). The van der Waals surface area contributed by atoms with Gasteiger partial charge < -0.3 is 4.74 Å². The molecule has 2 aromatic carbocycles. The van der Waals surface area contributed by atoms with Crippen LogP contribution in [-0.2, 0) is 15.8 Å².